The highest BCUT2D eigenvalue weighted by molar-refractivity contribution is 5.40. The monoisotopic (exact) mass is 193 g/mol. The van der Waals surface area contributed by atoms with Crippen LogP contribution >= 0.6 is 0 Å². The lowest BCUT2D eigenvalue weighted by atomic mass is 9.96. The Balaban J connectivity index is 2.17. The minimum Gasteiger partial charge on any atom is -0.508 e. The summed E-state index contributed by atoms with van der Waals surface area (Å²) in [5.74, 6) is 0.272. The molecule has 1 aliphatic carbocycles. The molecule has 4 N–H and O–H groups in total. The molecular weight excluding hydrogens is 178 g/mol. The molecule has 0 aromatic heterocycles. The van der Waals surface area contributed by atoms with Gasteiger partial charge in [-0.2, -0.15) is 0 Å². The minimum atomic E-state index is 0.101. The van der Waals surface area contributed by atoms with Crippen LogP contribution in [0.2, 0.25) is 0 Å². The molecule has 2 rings (SSSR count). The van der Waals surface area contributed by atoms with Gasteiger partial charge >= 0.3 is 0 Å². The van der Waals surface area contributed by atoms with E-state index in [1.54, 1.807) is 12.1 Å². The van der Waals surface area contributed by atoms with Crippen molar-refractivity contribution >= 4 is 0 Å². The van der Waals surface area contributed by atoms with Gasteiger partial charge in [-0.15, -0.1) is 0 Å². The van der Waals surface area contributed by atoms with Gasteiger partial charge in [0.05, 0.1) is 0 Å². The second-order valence-electron chi connectivity index (χ2n) is 4.19. The topological polar surface area (TPSA) is 66.5 Å². The van der Waals surface area contributed by atoms with E-state index >= 15 is 0 Å². The number of hydrogen-bond acceptors (Lipinski definition) is 3. The van der Waals surface area contributed by atoms with E-state index in [9.17, 15) is 5.11 Å². The maximum absolute atomic E-state index is 9.58. The highest BCUT2D eigenvalue weighted by atomic mass is 16.3. The number of phenols is 2. The first-order chi connectivity index (χ1) is 6.65. The smallest absolute Gasteiger partial charge is 0.122 e. The molecule has 3 nitrogen and oxygen atoms in total. The summed E-state index contributed by atoms with van der Waals surface area (Å²) in [5, 5.41) is 18.7. The van der Waals surface area contributed by atoms with E-state index < -0.39 is 0 Å². The van der Waals surface area contributed by atoms with Gasteiger partial charge in [0, 0.05) is 6.07 Å². The Morgan fingerprint density at radius 3 is 2.50 bits per heavy atom. The van der Waals surface area contributed by atoms with Gasteiger partial charge in [-0.3, -0.25) is 0 Å². The highest BCUT2D eigenvalue weighted by Gasteiger charge is 2.41. The predicted molar refractivity (Wildman–Crippen MR) is 54.2 cm³/mol. The lowest BCUT2D eigenvalue weighted by Gasteiger charge is -2.13. The van der Waals surface area contributed by atoms with E-state index in [1.165, 1.54) is 6.07 Å². The van der Waals surface area contributed by atoms with Crippen LogP contribution in [0.1, 0.15) is 18.4 Å². The maximum atomic E-state index is 9.58. The van der Waals surface area contributed by atoms with Crippen LogP contribution in [0.4, 0.5) is 0 Å². The molecule has 1 saturated carbocycles. The summed E-state index contributed by atoms with van der Waals surface area (Å²) in [6, 6.07) is 4.74. The molecule has 1 aromatic rings. The second kappa shape index (κ2) is 3.17. The zero-order valence-electron chi connectivity index (χ0n) is 8.03. The molecule has 0 amide bonds. The van der Waals surface area contributed by atoms with Gasteiger partial charge in [-0.25, -0.2) is 0 Å². The van der Waals surface area contributed by atoms with Crippen molar-refractivity contribution in [3.63, 3.8) is 0 Å². The van der Waals surface area contributed by atoms with E-state index in [4.69, 9.17) is 10.8 Å². The quantitative estimate of drug-likeness (QED) is 0.679. The molecule has 0 spiro atoms. The zero-order chi connectivity index (χ0) is 10.2. The van der Waals surface area contributed by atoms with E-state index in [0.29, 0.717) is 6.54 Å². The Morgan fingerprint density at radius 2 is 2.00 bits per heavy atom. The van der Waals surface area contributed by atoms with Crippen LogP contribution in [-0.2, 0) is 6.42 Å². The molecule has 1 fully saturated rings. The van der Waals surface area contributed by atoms with Crippen LogP contribution in [0, 0.1) is 5.41 Å². The molecule has 1 aliphatic rings. The molecule has 0 atom stereocenters. The Kier molecular flexibility index (Phi) is 2.11. The van der Waals surface area contributed by atoms with Crippen molar-refractivity contribution in [3.05, 3.63) is 23.8 Å². The zero-order valence-corrected chi connectivity index (χ0v) is 8.03. The third-order valence-electron chi connectivity index (χ3n) is 3.02. The molecule has 14 heavy (non-hydrogen) atoms. The fraction of sp³-hybridized carbons (Fsp3) is 0.455. The largest absolute Gasteiger partial charge is 0.508 e. The van der Waals surface area contributed by atoms with Gasteiger partial charge in [0.1, 0.15) is 11.5 Å². The maximum Gasteiger partial charge on any atom is 0.122 e. The summed E-state index contributed by atoms with van der Waals surface area (Å²) in [5.41, 5.74) is 6.76. The number of phenolic OH excluding ortho intramolecular Hbond substituents is 2. The first-order valence-corrected chi connectivity index (χ1v) is 4.86. The van der Waals surface area contributed by atoms with Crippen molar-refractivity contribution in [2.75, 3.05) is 6.54 Å². The third-order valence-corrected chi connectivity index (χ3v) is 3.02. The van der Waals surface area contributed by atoms with Crippen LogP contribution in [0.5, 0.6) is 11.5 Å². The standard InChI is InChI=1S/C11H15NO2/c12-7-11(3-4-11)6-8-1-2-9(13)5-10(8)14/h1-2,5,13-14H,3-4,6-7,12H2. The van der Waals surface area contributed by atoms with Gasteiger partial charge in [0.15, 0.2) is 0 Å². The van der Waals surface area contributed by atoms with Gasteiger partial charge < -0.3 is 15.9 Å². The van der Waals surface area contributed by atoms with E-state index in [1.807, 2.05) is 0 Å². The van der Waals surface area contributed by atoms with Gasteiger partial charge in [0.2, 0.25) is 0 Å². The molecule has 0 saturated heterocycles. The Morgan fingerprint density at radius 1 is 1.29 bits per heavy atom. The first kappa shape index (κ1) is 9.34. The summed E-state index contributed by atoms with van der Waals surface area (Å²) < 4.78 is 0. The van der Waals surface area contributed by atoms with Crippen LogP contribution in [0.3, 0.4) is 0 Å². The summed E-state index contributed by atoms with van der Waals surface area (Å²) in [6.45, 7) is 0.674. The SMILES string of the molecule is NCC1(Cc2ccc(O)cc2O)CC1. The summed E-state index contributed by atoms with van der Waals surface area (Å²) in [4.78, 5) is 0. The average Bonchev–Trinajstić information content (AvgIpc) is 2.91. The summed E-state index contributed by atoms with van der Waals surface area (Å²) in [7, 11) is 0. The molecule has 0 bridgehead atoms. The number of benzene rings is 1. The number of nitrogens with two attached hydrogens (primary N) is 1. The molecule has 76 valence electrons. The van der Waals surface area contributed by atoms with Crippen molar-refractivity contribution in [1.29, 1.82) is 0 Å². The number of hydrogen-bond donors (Lipinski definition) is 3. The summed E-state index contributed by atoms with van der Waals surface area (Å²) in [6.07, 6.45) is 3.10. The lowest BCUT2D eigenvalue weighted by molar-refractivity contribution is 0.435. The normalized spacial score (nSPS) is 18.1. The third kappa shape index (κ3) is 1.68. The van der Waals surface area contributed by atoms with Crippen molar-refractivity contribution in [2.45, 2.75) is 19.3 Å². The second-order valence-corrected chi connectivity index (χ2v) is 4.19. The van der Waals surface area contributed by atoms with Crippen molar-refractivity contribution in [2.24, 2.45) is 11.1 Å². The molecular formula is C11H15NO2. The fourth-order valence-corrected chi connectivity index (χ4v) is 1.74. The Hall–Kier alpha value is -1.22. The van der Waals surface area contributed by atoms with Crippen LogP contribution in [0.15, 0.2) is 18.2 Å². The average molecular weight is 193 g/mol. The molecule has 0 radical (unpaired) electrons. The highest BCUT2D eigenvalue weighted by Crippen LogP contribution is 2.48. The molecule has 1 aromatic carbocycles. The van der Waals surface area contributed by atoms with Crippen molar-refractivity contribution in [1.82, 2.24) is 0 Å². The van der Waals surface area contributed by atoms with Gasteiger partial charge in [-0.1, -0.05) is 6.07 Å². The minimum absolute atomic E-state index is 0.101. The van der Waals surface area contributed by atoms with Gasteiger partial charge in [-0.05, 0) is 42.9 Å². The van der Waals surface area contributed by atoms with Crippen LogP contribution < -0.4 is 5.73 Å². The molecule has 3 heteroatoms. The van der Waals surface area contributed by atoms with Crippen molar-refractivity contribution < 1.29 is 10.2 Å². The summed E-state index contributed by atoms with van der Waals surface area (Å²) >= 11 is 0. The fourth-order valence-electron chi connectivity index (χ4n) is 1.74. The van der Waals surface area contributed by atoms with Crippen LogP contribution in [0.25, 0.3) is 0 Å². The Labute approximate surface area is 83.2 Å². The van der Waals surface area contributed by atoms with Crippen LogP contribution in [-0.4, -0.2) is 16.8 Å². The molecule has 0 heterocycles. The van der Waals surface area contributed by atoms with Gasteiger partial charge in [0.25, 0.3) is 0 Å². The van der Waals surface area contributed by atoms with E-state index in [-0.39, 0.29) is 16.9 Å². The number of aromatic hydroxyl groups is 2. The lowest BCUT2D eigenvalue weighted by Crippen LogP contribution is -2.17. The van der Waals surface area contributed by atoms with Crippen molar-refractivity contribution in [3.8, 4) is 11.5 Å². The molecule has 0 unspecified atom stereocenters. The van der Waals surface area contributed by atoms with E-state index in [2.05, 4.69) is 0 Å². The predicted octanol–water partition coefficient (Wildman–Crippen LogP) is 1.38. The number of rotatable bonds is 3. The van der Waals surface area contributed by atoms with E-state index in [0.717, 1.165) is 24.8 Å². The first-order valence-electron chi connectivity index (χ1n) is 4.86. The molecule has 0 aliphatic heterocycles. The Bertz CT molecular complexity index is 345.